The highest BCUT2D eigenvalue weighted by Gasteiger charge is 2.14. The van der Waals surface area contributed by atoms with Crippen LogP contribution in [0.3, 0.4) is 0 Å². The fourth-order valence-corrected chi connectivity index (χ4v) is 1.78. The van der Waals surface area contributed by atoms with Crippen molar-refractivity contribution in [2.45, 2.75) is 32.9 Å². The summed E-state index contributed by atoms with van der Waals surface area (Å²) in [4.78, 5) is 19.2. The highest BCUT2D eigenvalue weighted by molar-refractivity contribution is 5.85. The minimum absolute atomic E-state index is 0.0602. The summed E-state index contributed by atoms with van der Waals surface area (Å²) in [6.45, 7) is 5.64. The van der Waals surface area contributed by atoms with Crippen LogP contribution in [0.4, 0.5) is 11.6 Å². The zero-order valence-corrected chi connectivity index (χ0v) is 11.3. The van der Waals surface area contributed by atoms with Crippen molar-refractivity contribution in [1.29, 1.82) is 0 Å². The molecular formula is C13H19N5O. The lowest BCUT2D eigenvalue weighted by atomic mass is 10.3. The molecule has 0 saturated heterocycles. The molecule has 6 heteroatoms. The van der Waals surface area contributed by atoms with Crippen molar-refractivity contribution in [3.8, 4) is 0 Å². The Bertz CT molecular complexity index is 590. The molecule has 19 heavy (non-hydrogen) atoms. The molecule has 102 valence electrons. The molecule has 2 rings (SSSR count). The number of nitrogens with zero attached hydrogens (tertiary/aromatic N) is 1. The van der Waals surface area contributed by atoms with Gasteiger partial charge in [0.05, 0.1) is 11.0 Å². The molecule has 1 aromatic heterocycles. The number of nitrogens with one attached hydrogen (secondary N) is 3. The smallest absolute Gasteiger partial charge is 0.242 e. The highest BCUT2D eigenvalue weighted by Crippen LogP contribution is 2.17. The number of carbonyl (C=O) groups is 1. The molecule has 0 saturated carbocycles. The number of amides is 1. The fourth-order valence-electron chi connectivity index (χ4n) is 1.78. The van der Waals surface area contributed by atoms with Crippen LogP contribution in [0.5, 0.6) is 0 Å². The molecule has 1 atom stereocenters. The number of rotatable bonds is 4. The maximum Gasteiger partial charge on any atom is 0.242 e. The largest absolute Gasteiger partial charge is 0.399 e. The molecule has 1 amide bonds. The number of aromatic amines is 1. The van der Waals surface area contributed by atoms with Crippen molar-refractivity contribution < 1.29 is 4.79 Å². The number of fused-ring (bicyclic) bond motifs is 1. The predicted octanol–water partition coefficient (Wildman–Crippen LogP) is 1.47. The molecule has 6 nitrogen and oxygen atoms in total. The van der Waals surface area contributed by atoms with E-state index >= 15 is 0 Å². The first-order valence-corrected chi connectivity index (χ1v) is 6.28. The van der Waals surface area contributed by atoms with Crippen LogP contribution in [0, 0.1) is 0 Å². The van der Waals surface area contributed by atoms with Crippen LogP contribution in [0.15, 0.2) is 18.2 Å². The number of H-pyrrole nitrogens is 1. The Balaban J connectivity index is 2.10. The summed E-state index contributed by atoms with van der Waals surface area (Å²) in [7, 11) is 0. The highest BCUT2D eigenvalue weighted by atomic mass is 16.2. The Morgan fingerprint density at radius 3 is 2.79 bits per heavy atom. The van der Waals surface area contributed by atoms with Crippen LogP contribution in [-0.2, 0) is 4.79 Å². The lowest BCUT2D eigenvalue weighted by Gasteiger charge is -2.15. The van der Waals surface area contributed by atoms with Crippen LogP contribution < -0.4 is 16.4 Å². The van der Waals surface area contributed by atoms with Crippen molar-refractivity contribution in [2.24, 2.45) is 0 Å². The fraction of sp³-hybridized carbons (Fsp3) is 0.385. The molecule has 5 N–H and O–H groups in total. The van der Waals surface area contributed by atoms with E-state index < -0.39 is 0 Å². The van der Waals surface area contributed by atoms with E-state index in [0.29, 0.717) is 11.6 Å². The summed E-state index contributed by atoms with van der Waals surface area (Å²) in [6.07, 6.45) is 0. The molecule has 0 aliphatic heterocycles. The summed E-state index contributed by atoms with van der Waals surface area (Å²) < 4.78 is 0. The number of hydrogen-bond acceptors (Lipinski definition) is 4. The average Bonchev–Trinajstić information content (AvgIpc) is 2.69. The summed E-state index contributed by atoms with van der Waals surface area (Å²) in [5, 5.41) is 5.88. The Kier molecular flexibility index (Phi) is 3.59. The Morgan fingerprint density at radius 2 is 2.11 bits per heavy atom. The van der Waals surface area contributed by atoms with Gasteiger partial charge in [-0.1, -0.05) is 0 Å². The normalized spacial score (nSPS) is 12.6. The molecule has 0 aliphatic carbocycles. The molecule has 1 heterocycles. The number of anilines is 2. The third-order valence-corrected chi connectivity index (χ3v) is 2.68. The lowest BCUT2D eigenvalue weighted by molar-refractivity contribution is -0.122. The lowest BCUT2D eigenvalue weighted by Crippen LogP contribution is -2.41. The van der Waals surface area contributed by atoms with Gasteiger partial charge in [-0.15, -0.1) is 0 Å². The molecule has 0 fully saturated rings. The number of hydrogen-bond donors (Lipinski definition) is 4. The molecule has 0 radical (unpaired) electrons. The van der Waals surface area contributed by atoms with E-state index in [9.17, 15) is 4.79 Å². The molecule has 1 unspecified atom stereocenters. The van der Waals surface area contributed by atoms with Crippen LogP contribution in [0.1, 0.15) is 20.8 Å². The SMILES string of the molecule is CC(C)NC(=O)C(C)Nc1nc2ccc(N)cc2[nH]1. The zero-order valence-electron chi connectivity index (χ0n) is 11.3. The quantitative estimate of drug-likeness (QED) is 0.627. The number of imidazole rings is 1. The van der Waals surface area contributed by atoms with Gasteiger partial charge < -0.3 is 21.4 Å². The first-order chi connectivity index (χ1) is 8.95. The van der Waals surface area contributed by atoms with Gasteiger partial charge >= 0.3 is 0 Å². The third kappa shape index (κ3) is 3.15. The first-order valence-electron chi connectivity index (χ1n) is 6.28. The van der Waals surface area contributed by atoms with Gasteiger partial charge in [0.15, 0.2) is 0 Å². The van der Waals surface area contributed by atoms with Crippen LogP contribution in [0.25, 0.3) is 11.0 Å². The predicted molar refractivity (Wildman–Crippen MR) is 76.9 cm³/mol. The van der Waals surface area contributed by atoms with Crippen molar-refractivity contribution in [3.63, 3.8) is 0 Å². The van der Waals surface area contributed by atoms with E-state index in [1.807, 2.05) is 26.0 Å². The zero-order chi connectivity index (χ0) is 14.0. The Labute approximate surface area is 111 Å². The van der Waals surface area contributed by atoms with Crippen LogP contribution in [0.2, 0.25) is 0 Å². The number of nitrogens with two attached hydrogens (primary N) is 1. The van der Waals surface area contributed by atoms with E-state index in [-0.39, 0.29) is 18.0 Å². The first kappa shape index (κ1) is 13.2. The summed E-state index contributed by atoms with van der Waals surface area (Å²) in [6, 6.07) is 5.20. The third-order valence-electron chi connectivity index (χ3n) is 2.68. The van der Waals surface area contributed by atoms with Crippen LogP contribution >= 0.6 is 0 Å². The van der Waals surface area contributed by atoms with Crippen molar-refractivity contribution in [2.75, 3.05) is 11.1 Å². The number of aromatic nitrogens is 2. The van der Waals surface area contributed by atoms with Crippen LogP contribution in [-0.4, -0.2) is 28.0 Å². The van der Waals surface area contributed by atoms with Gasteiger partial charge in [0, 0.05) is 11.7 Å². The minimum Gasteiger partial charge on any atom is -0.399 e. The van der Waals surface area contributed by atoms with E-state index in [1.54, 1.807) is 13.0 Å². The second-order valence-electron chi connectivity index (χ2n) is 4.89. The van der Waals surface area contributed by atoms with Gasteiger partial charge in [-0.25, -0.2) is 4.98 Å². The number of carbonyl (C=O) groups excluding carboxylic acids is 1. The van der Waals surface area contributed by atoms with E-state index in [1.165, 1.54) is 0 Å². The van der Waals surface area contributed by atoms with Gasteiger partial charge in [-0.2, -0.15) is 0 Å². The van der Waals surface area contributed by atoms with Gasteiger partial charge in [0.1, 0.15) is 6.04 Å². The maximum atomic E-state index is 11.8. The van der Waals surface area contributed by atoms with Crippen molar-refractivity contribution in [3.05, 3.63) is 18.2 Å². The number of benzene rings is 1. The number of nitrogen functional groups attached to an aromatic ring is 1. The molecule has 0 bridgehead atoms. The average molecular weight is 261 g/mol. The Hall–Kier alpha value is -2.24. The standard InChI is InChI=1S/C13H19N5O/c1-7(2)15-12(19)8(3)16-13-17-10-5-4-9(14)6-11(10)18-13/h4-8H,14H2,1-3H3,(H,15,19)(H2,16,17,18). The summed E-state index contributed by atoms with van der Waals surface area (Å²) >= 11 is 0. The van der Waals surface area contributed by atoms with Gasteiger partial charge in [-0.3, -0.25) is 4.79 Å². The topological polar surface area (TPSA) is 95.8 Å². The van der Waals surface area contributed by atoms with E-state index in [2.05, 4.69) is 20.6 Å². The minimum atomic E-state index is -0.361. The summed E-state index contributed by atoms with van der Waals surface area (Å²) in [5.41, 5.74) is 8.04. The molecule has 2 aromatic rings. The van der Waals surface area contributed by atoms with Gasteiger partial charge in [0.2, 0.25) is 11.9 Å². The molecule has 0 aliphatic rings. The van der Waals surface area contributed by atoms with Crippen molar-refractivity contribution >= 4 is 28.6 Å². The van der Waals surface area contributed by atoms with Gasteiger partial charge in [-0.05, 0) is 39.0 Å². The molecular weight excluding hydrogens is 242 g/mol. The second-order valence-corrected chi connectivity index (χ2v) is 4.89. The maximum absolute atomic E-state index is 11.8. The second kappa shape index (κ2) is 5.17. The monoisotopic (exact) mass is 261 g/mol. The Morgan fingerprint density at radius 1 is 1.37 bits per heavy atom. The molecule has 1 aromatic carbocycles. The van der Waals surface area contributed by atoms with E-state index in [4.69, 9.17) is 5.73 Å². The van der Waals surface area contributed by atoms with Crippen molar-refractivity contribution in [1.82, 2.24) is 15.3 Å². The molecule has 0 spiro atoms. The van der Waals surface area contributed by atoms with E-state index in [0.717, 1.165) is 11.0 Å². The van der Waals surface area contributed by atoms with Gasteiger partial charge in [0.25, 0.3) is 0 Å². The summed E-state index contributed by atoms with van der Waals surface area (Å²) in [5.74, 6) is 0.502.